The zero-order chi connectivity index (χ0) is 13.7. The van der Waals surface area contributed by atoms with E-state index in [2.05, 4.69) is 10.6 Å². The van der Waals surface area contributed by atoms with Gasteiger partial charge < -0.3 is 15.1 Å². The number of carbonyl (C=O) groups is 2. The third-order valence-corrected chi connectivity index (χ3v) is 3.37. The average molecular weight is 278 g/mol. The minimum atomic E-state index is -0.593. The van der Waals surface area contributed by atoms with Gasteiger partial charge in [0.05, 0.1) is 17.7 Å². The number of thiophene rings is 1. The lowest BCUT2D eigenvalue weighted by molar-refractivity contribution is -0.122. The molecule has 2 rings (SSSR count). The van der Waals surface area contributed by atoms with Gasteiger partial charge in [0.15, 0.2) is 0 Å². The van der Waals surface area contributed by atoms with Crippen LogP contribution < -0.4 is 10.6 Å². The van der Waals surface area contributed by atoms with Crippen molar-refractivity contribution in [3.8, 4) is 0 Å². The van der Waals surface area contributed by atoms with Crippen LogP contribution in [0.2, 0.25) is 0 Å². The Hall–Kier alpha value is -2.08. The maximum absolute atomic E-state index is 11.8. The summed E-state index contributed by atoms with van der Waals surface area (Å²) >= 11 is 1.34. The van der Waals surface area contributed by atoms with Crippen LogP contribution in [0.5, 0.6) is 0 Å². The highest BCUT2D eigenvalue weighted by Gasteiger charge is 2.16. The number of amides is 2. The fraction of sp³-hybridized carbons (Fsp3) is 0.231. The van der Waals surface area contributed by atoms with Crippen LogP contribution in [-0.2, 0) is 11.3 Å². The number of carbonyl (C=O) groups excluding carboxylic acids is 2. The van der Waals surface area contributed by atoms with Crippen LogP contribution in [0.15, 0.2) is 40.3 Å². The van der Waals surface area contributed by atoms with E-state index in [-0.39, 0.29) is 11.8 Å². The van der Waals surface area contributed by atoms with E-state index >= 15 is 0 Å². The van der Waals surface area contributed by atoms with Gasteiger partial charge in [-0.3, -0.25) is 9.59 Å². The predicted octanol–water partition coefficient (Wildman–Crippen LogP) is 1.78. The van der Waals surface area contributed by atoms with Crippen molar-refractivity contribution in [2.45, 2.75) is 19.5 Å². The molecule has 19 heavy (non-hydrogen) atoms. The van der Waals surface area contributed by atoms with Crippen molar-refractivity contribution in [3.05, 3.63) is 46.5 Å². The molecule has 2 heterocycles. The van der Waals surface area contributed by atoms with Gasteiger partial charge in [0, 0.05) is 0 Å². The van der Waals surface area contributed by atoms with Gasteiger partial charge in [-0.05, 0) is 30.5 Å². The maximum Gasteiger partial charge on any atom is 0.261 e. The van der Waals surface area contributed by atoms with E-state index in [0.29, 0.717) is 17.2 Å². The lowest BCUT2D eigenvalue weighted by Crippen LogP contribution is -2.44. The van der Waals surface area contributed by atoms with Crippen molar-refractivity contribution in [3.63, 3.8) is 0 Å². The summed E-state index contributed by atoms with van der Waals surface area (Å²) in [5.74, 6) is 0.182. The van der Waals surface area contributed by atoms with E-state index in [9.17, 15) is 9.59 Å². The smallest absolute Gasteiger partial charge is 0.261 e. The first kappa shape index (κ1) is 13.4. The van der Waals surface area contributed by atoms with Crippen LogP contribution in [-0.4, -0.2) is 17.9 Å². The Kier molecular flexibility index (Phi) is 4.35. The average Bonchev–Trinajstić information content (AvgIpc) is 3.08. The predicted molar refractivity (Wildman–Crippen MR) is 71.8 cm³/mol. The van der Waals surface area contributed by atoms with Crippen molar-refractivity contribution in [1.29, 1.82) is 0 Å². The molecule has 0 aliphatic rings. The van der Waals surface area contributed by atoms with Gasteiger partial charge in [0.25, 0.3) is 5.91 Å². The second-order valence-electron chi connectivity index (χ2n) is 3.97. The van der Waals surface area contributed by atoms with Gasteiger partial charge >= 0.3 is 0 Å². The highest BCUT2D eigenvalue weighted by atomic mass is 32.1. The second-order valence-corrected chi connectivity index (χ2v) is 4.92. The number of rotatable bonds is 5. The van der Waals surface area contributed by atoms with Crippen molar-refractivity contribution in [2.75, 3.05) is 0 Å². The molecule has 1 unspecified atom stereocenters. The van der Waals surface area contributed by atoms with Gasteiger partial charge in [-0.25, -0.2) is 0 Å². The van der Waals surface area contributed by atoms with Crippen LogP contribution >= 0.6 is 11.3 Å². The first-order valence-electron chi connectivity index (χ1n) is 5.81. The zero-order valence-electron chi connectivity index (χ0n) is 10.4. The van der Waals surface area contributed by atoms with E-state index in [1.54, 1.807) is 37.5 Å². The van der Waals surface area contributed by atoms with E-state index in [1.807, 2.05) is 5.38 Å². The first-order valence-corrected chi connectivity index (χ1v) is 6.69. The molecule has 0 spiro atoms. The molecule has 2 N–H and O–H groups in total. The van der Waals surface area contributed by atoms with Gasteiger partial charge in [-0.2, -0.15) is 0 Å². The minimum absolute atomic E-state index is 0.240. The highest BCUT2D eigenvalue weighted by Crippen LogP contribution is 2.08. The highest BCUT2D eigenvalue weighted by molar-refractivity contribution is 7.12. The number of furan rings is 1. The summed E-state index contributed by atoms with van der Waals surface area (Å²) in [5, 5.41) is 7.15. The molecular weight excluding hydrogens is 264 g/mol. The number of hydrogen-bond donors (Lipinski definition) is 2. The Labute approximate surface area is 114 Å². The fourth-order valence-electron chi connectivity index (χ4n) is 1.48. The second kappa shape index (κ2) is 6.19. The molecule has 0 saturated carbocycles. The molecule has 5 nitrogen and oxygen atoms in total. The van der Waals surface area contributed by atoms with Crippen molar-refractivity contribution < 1.29 is 14.0 Å². The third kappa shape index (κ3) is 3.69. The summed E-state index contributed by atoms with van der Waals surface area (Å²) in [4.78, 5) is 24.1. The maximum atomic E-state index is 11.8. The Morgan fingerprint density at radius 1 is 1.37 bits per heavy atom. The summed E-state index contributed by atoms with van der Waals surface area (Å²) in [6, 6.07) is 6.44. The molecule has 2 aromatic heterocycles. The summed E-state index contributed by atoms with van der Waals surface area (Å²) in [6.45, 7) is 1.95. The molecule has 0 aliphatic heterocycles. The fourth-order valence-corrected chi connectivity index (χ4v) is 2.11. The molecule has 1 atom stereocenters. The standard InChI is InChI=1S/C13H14N2O3S/c1-9(15-13(17)11-5-3-7-19-11)12(16)14-8-10-4-2-6-18-10/h2-7,9H,8H2,1H3,(H,14,16)(H,15,17). The summed E-state index contributed by atoms with van der Waals surface area (Å²) < 4.78 is 5.10. The van der Waals surface area contributed by atoms with Crippen molar-refractivity contribution in [2.24, 2.45) is 0 Å². The van der Waals surface area contributed by atoms with Crippen molar-refractivity contribution >= 4 is 23.2 Å². The van der Waals surface area contributed by atoms with Crippen LogP contribution in [0.3, 0.4) is 0 Å². The molecule has 0 aromatic carbocycles. The largest absolute Gasteiger partial charge is 0.467 e. The SMILES string of the molecule is CC(NC(=O)c1cccs1)C(=O)NCc1ccco1. The Balaban J connectivity index is 1.80. The normalized spacial score (nSPS) is 11.8. The monoisotopic (exact) mass is 278 g/mol. The Morgan fingerprint density at radius 2 is 2.21 bits per heavy atom. The quantitative estimate of drug-likeness (QED) is 0.875. The van der Waals surface area contributed by atoms with Gasteiger partial charge in [-0.1, -0.05) is 6.07 Å². The Bertz CT molecular complexity index is 534. The molecule has 0 fully saturated rings. The molecule has 2 aromatic rings. The number of hydrogen-bond acceptors (Lipinski definition) is 4. The van der Waals surface area contributed by atoms with Crippen LogP contribution in [0.4, 0.5) is 0 Å². The number of nitrogens with one attached hydrogen (secondary N) is 2. The van der Waals surface area contributed by atoms with E-state index in [1.165, 1.54) is 11.3 Å². The van der Waals surface area contributed by atoms with Gasteiger partial charge in [0.2, 0.25) is 5.91 Å². The lowest BCUT2D eigenvalue weighted by Gasteiger charge is -2.12. The Morgan fingerprint density at radius 3 is 2.84 bits per heavy atom. The molecule has 100 valence electrons. The molecule has 0 aliphatic carbocycles. The van der Waals surface area contributed by atoms with Gasteiger partial charge in [-0.15, -0.1) is 11.3 Å². The molecular formula is C13H14N2O3S. The van der Waals surface area contributed by atoms with Crippen LogP contribution in [0.25, 0.3) is 0 Å². The van der Waals surface area contributed by atoms with Crippen LogP contribution in [0, 0.1) is 0 Å². The van der Waals surface area contributed by atoms with Gasteiger partial charge in [0.1, 0.15) is 11.8 Å². The van der Waals surface area contributed by atoms with E-state index in [0.717, 1.165) is 0 Å². The minimum Gasteiger partial charge on any atom is -0.467 e. The molecule has 0 saturated heterocycles. The molecule has 0 radical (unpaired) electrons. The molecule has 0 bridgehead atoms. The van der Waals surface area contributed by atoms with E-state index < -0.39 is 6.04 Å². The molecule has 6 heteroatoms. The van der Waals surface area contributed by atoms with Crippen LogP contribution in [0.1, 0.15) is 22.4 Å². The van der Waals surface area contributed by atoms with E-state index in [4.69, 9.17) is 4.42 Å². The first-order chi connectivity index (χ1) is 9.16. The summed E-state index contributed by atoms with van der Waals surface area (Å²) in [7, 11) is 0. The zero-order valence-corrected chi connectivity index (χ0v) is 11.2. The van der Waals surface area contributed by atoms with Crippen molar-refractivity contribution in [1.82, 2.24) is 10.6 Å². The lowest BCUT2D eigenvalue weighted by atomic mass is 10.3. The molecule has 2 amide bonds. The summed E-state index contributed by atoms with van der Waals surface area (Å²) in [6.07, 6.45) is 1.55. The summed E-state index contributed by atoms with van der Waals surface area (Å²) in [5.41, 5.74) is 0. The third-order valence-electron chi connectivity index (χ3n) is 2.50. The topological polar surface area (TPSA) is 71.3 Å².